The third kappa shape index (κ3) is 3.95. The van der Waals surface area contributed by atoms with E-state index in [1.807, 2.05) is 6.92 Å². The molecule has 166 valence electrons. The monoisotopic (exact) mass is 437 g/mol. The van der Waals surface area contributed by atoms with E-state index in [1.54, 1.807) is 37.4 Å². The summed E-state index contributed by atoms with van der Waals surface area (Å²) in [4.78, 5) is 36.9. The maximum absolute atomic E-state index is 14.9. The van der Waals surface area contributed by atoms with Gasteiger partial charge in [0.05, 0.1) is 11.7 Å². The van der Waals surface area contributed by atoms with Crippen LogP contribution in [0.2, 0.25) is 0 Å². The van der Waals surface area contributed by atoms with Gasteiger partial charge < -0.3 is 15.0 Å². The van der Waals surface area contributed by atoms with E-state index in [0.29, 0.717) is 41.3 Å². The standard InChI is InChI=1S/C23H24FN5O3/c1-12-22(30)28-21-17(26-12)7-3-14(20(21)24)10-29-11-19(13(29)2)32-16-6-8-18(25-9-16)23(31)27-15-4-5-15/h3,6-9,13,15,19H,4-5,10-11H2,1-2H3,(H,27,31)(H,28,30)/t13-,19+/m1/s1. The lowest BCUT2D eigenvalue weighted by Gasteiger charge is -2.45. The smallest absolute Gasteiger partial charge is 0.270 e. The van der Waals surface area contributed by atoms with Crippen molar-refractivity contribution < 1.29 is 13.9 Å². The molecule has 1 amide bonds. The molecule has 32 heavy (non-hydrogen) atoms. The molecule has 1 saturated heterocycles. The van der Waals surface area contributed by atoms with Crippen LogP contribution in [0.3, 0.4) is 0 Å². The topological polar surface area (TPSA) is 100 Å². The fraction of sp³-hybridized carbons (Fsp3) is 0.391. The Morgan fingerprint density at radius 3 is 2.81 bits per heavy atom. The first-order valence-corrected chi connectivity index (χ1v) is 10.7. The number of aromatic amines is 1. The minimum absolute atomic E-state index is 0.0596. The molecule has 3 aromatic rings. The highest BCUT2D eigenvalue weighted by Gasteiger charge is 2.37. The summed E-state index contributed by atoms with van der Waals surface area (Å²) in [5.74, 6) is -0.0142. The molecule has 2 fully saturated rings. The maximum atomic E-state index is 14.9. The number of benzene rings is 1. The summed E-state index contributed by atoms with van der Waals surface area (Å²) in [6.45, 7) is 4.64. The van der Waals surface area contributed by atoms with Gasteiger partial charge in [0.15, 0.2) is 5.82 Å². The lowest BCUT2D eigenvalue weighted by molar-refractivity contribution is -0.0419. The zero-order valence-corrected chi connectivity index (χ0v) is 17.9. The second-order valence-corrected chi connectivity index (χ2v) is 8.54. The van der Waals surface area contributed by atoms with Crippen molar-refractivity contribution in [3.05, 3.63) is 63.6 Å². The number of aryl methyl sites for hydroxylation is 1. The van der Waals surface area contributed by atoms with Gasteiger partial charge >= 0.3 is 0 Å². The van der Waals surface area contributed by atoms with Gasteiger partial charge in [-0.15, -0.1) is 0 Å². The quantitative estimate of drug-likeness (QED) is 0.614. The summed E-state index contributed by atoms with van der Waals surface area (Å²) in [6, 6.07) is 7.20. The number of hydrogen-bond donors (Lipinski definition) is 2. The number of pyridine rings is 1. The van der Waals surface area contributed by atoms with Gasteiger partial charge in [-0.3, -0.25) is 14.5 Å². The maximum Gasteiger partial charge on any atom is 0.270 e. The van der Waals surface area contributed by atoms with Crippen molar-refractivity contribution in [3.8, 4) is 5.75 Å². The normalized spacial score (nSPS) is 20.7. The molecule has 0 unspecified atom stereocenters. The number of halogens is 1. The number of likely N-dealkylation sites (tertiary alicyclic amines) is 1. The number of H-pyrrole nitrogens is 1. The first-order valence-electron chi connectivity index (χ1n) is 10.7. The molecule has 2 aliphatic rings. The highest BCUT2D eigenvalue weighted by Crippen LogP contribution is 2.27. The van der Waals surface area contributed by atoms with Gasteiger partial charge in [-0.25, -0.2) is 14.4 Å². The van der Waals surface area contributed by atoms with Crippen LogP contribution in [-0.4, -0.2) is 50.5 Å². The molecule has 2 atom stereocenters. The number of carbonyl (C=O) groups excluding carboxylic acids is 1. The summed E-state index contributed by atoms with van der Waals surface area (Å²) in [6.07, 6.45) is 3.56. The second-order valence-electron chi connectivity index (χ2n) is 8.54. The average Bonchev–Trinajstić information content (AvgIpc) is 3.60. The van der Waals surface area contributed by atoms with Crippen LogP contribution in [0.15, 0.2) is 35.3 Å². The Kier molecular flexibility index (Phi) is 5.13. The first kappa shape index (κ1) is 20.6. The fourth-order valence-electron chi connectivity index (χ4n) is 3.83. The van der Waals surface area contributed by atoms with Crippen LogP contribution in [0.1, 0.15) is 41.5 Å². The van der Waals surface area contributed by atoms with Crippen LogP contribution in [0, 0.1) is 12.7 Å². The Labute approximate surface area is 183 Å². The first-order chi connectivity index (χ1) is 15.4. The van der Waals surface area contributed by atoms with Gasteiger partial charge in [0.2, 0.25) is 0 Å². The Hall–Kier alpha value is -3.33. The molecule has 0 radical (unpaired) electrons. The zero-order valence-electron chi connectivity index (χ0n) is 17.9. The number of hydrogen-bond acceptors (Lipinski definition) is 6. The number of aromatic nitrogens is 3. The van der Waals surface area contributed by atoms with E-state index >= 15 is 0 Å². The second kappa shape index (κ2) is 7.98. The number of ether oxygens (including phenoxy) is 1. The summed E-state index contributed by atoms with van der Waals surface area (Å²) in [5, 5.41) is 2.91. The Bertz CT molecular complexity index is 1240. The van der Waals surface area contributed by atoms with Gasteiger partial charge in [0.25, 0.3) is 11.5 Å². The predicted molar refractivity (Wildman–Crippen MR) is 116 cm³/mol. The van der Waals surface area contributed by atoms with E-state index in [9.17, 15) is 14.0 Å². The summed E-state index contributed by atoms with van der Waals surface area (Å²) < 4.78 is 21.0. The van der Waals surface area contributed by atoms with Crippen LogP contribution < -0.4 is 15.6 Å². The van der Waals surface area contributed by atoms with E-state index < -0.39 is 5.82 Å². The van der Waals surface area contributed by atoms with E-state index in [1.165, 1.54) is 0 Å². The van der Waals surface area contributed by atoms with Crippen LogP contribution in [0.5, 0.6) is 5.75 Å². The van der Waals surface area contributed by atoms with Crippen molar-refractivity contribution in [2.45, 2.75) is 51.4 Å². The van der Waals surface area contributed by atoms with Crippen LogP contribution in [-0.2, 0) is 6.54 Å². The van der Waals surface area contributed by atoms with E-state index in [-0.39, 0.29) is 35.2 Å². The molecule has 1 saturated carbocycles. The number of fused-ring (bicyclic) bond motifs is 1. The number of nitrogens with one attached hydrogen (secondary N) is 2. The Balaban J connectivity index is 1.21. The number of rotatable bonds is 6. The Morgan fingerprint density at radius 1 is 1.31 bits per heavy atom. The van der Waals surface area contributed by atoms with Crippen molar-refractivity contribution in [2.75, 3.05) is 6.54 Å². The van der Waals surface area contributed by atoms with E-state index in [4.69, 9.17) is 4.74 Å². The fourth-order valence-corrected chi connectivity index (χ4v) is 3.83. The molecule has 1 aromatic carbocycles. The molecule has 2 aromatic heterocycles. The molecule has 1 aliphatic heterocycles. The van der Waals surface area contributed by atoms with Crippen molar-refractivity contribution in [1.82, 2.24) is 25.2 Å². The number of amides is 1. The third-order valence-corrected chi connectivity index (χ3v) is 6.13. The van der Waals surface area contributed by atoms with E-state index in [0.717, 1.165) is 12.8 Å². The van der Waals surface area contributed by atoms with Crippen molar-refractivity contribution >= 4 is 16.9 Å². The zero-order chi connectivity index (χ0) is 22.4. The van der Waals surface area contributed by atoms with Crippen molar-refractivity contribution in [1.29, 1.82) is 0 Å². The lowest BCUT2D eigenvalue weighted by Crippen LogP contribution is -2.60. The molecular formula is C23H24FN5O3. The van der Waals surface area contributed by atoms with Gasteiger partial charge in [0.1, 0.15) is 28.8 Å². The Morgan fingerprint density at radius 2 is 2.12 bits per heavy atom. The molecular weight excluding hydrogens is 413 g/mol. The highest BCUT2D eigenvalue weighted by molar-refractivity contribution is 5.92. The van der Waals surface area contributed by atoms with Crippen LogP contribution in [0.25, 0.3) is 11.0 Å². The molecule has 5 rings (SSSR count). The van der Waals surface area contributed by atoms with Gasteiger partial charge in [-0.05, 0) is 44.9 Å². The van der Waals surface area contributed by atoms with Gasteiger partial charge in [-0.1, -0.05) is 6.07 Å². The molecule has 9 heteroatoms. The molecule has 0 bridgehead atoms. The van der Waals surface area contributed by atoms with Gasteiger partial charge in [-0.2, -0.15) is 0 Å². The average molecular weight is 437 g/mol. The number of carbonyl (C=O) groups is 1. The SMILES string of the molecule is Cc1nc2ccc(CN3C[C@H](Oc4ccc(C(=O)NC5CC5)nc4)[C@H]3C)c(F)c2[nH]c1=O. The van der Waals surface area contributed by atoms with Crippen molar-refractivity contribution in [2.24, 2.45) is 0 Å². The summed E-state index contributed by atoms with van der Waals surface area (Å²) in [7, 11) is 0. The highest BCUT2D eigenvalue weighted by atomic mass is 19.1. The minimum Gasteiger partial charge on any atom is -0.486 e. The molecule has 3 heterocycles. The van der Waals surface area contributed by atoms with Crippen LogP contribution >= 0.6 is 0 Å². The summed E-state index contributed by atoms with van der Waals surface area (Å²) >= 11 is 0. The molecule has 0 spiro atoms. The largest absolute Gasteiger partial charge is 0.486 e. The predicted octanol–water partition coefficient (Wildman–Crippen LogP) is 2.31. The van der Waals surface area contributed by atoms with Crippen molar-refractivity contribution in [3.63, 3.8) is 0 Å². The molecule has 2 N–H and O–H groups in total. The number of nitrogens with zero attached hydrogens (tertiary/aromatic N) is 3. The molecule has 1 aliphatic carbocycles. The summed E-state index contributed by atoms with van der Waals surface area (Å²) in [5.41, 5.74) is 1.37. The van der Waals surface area contributed by atoms with Crippen LogP contribution in [0.4, 0.5) is 4.39 Å². The minimum atomic E-state index is -0.451. The lowest BCUT2D eigenvalue weighted by atomic mass is 9.99. The van der Waals surface area contributed by atoms with Gasteiger partial charge in [0, 0.05) is 30.7 Å². The third-order valence-electron chi connectivity index (χ3n) is 6.13. The molecule has 8 nitrogen and oxygen atoms in total. The van der Waals surface area contributed by atoms with E-state index in [2.05, 4.69) is 25.2 Å².